The summed E-state index contributed by atoms with van der Waals surface area (Å²) in [4.78, 5) is 22.2. The summed E-state index contributed by atoms with van der Waals surface area (Å²) in [5, 5.41) is 1.02. The molecule has 4 nitrogen and oxygen atoms in total. The zero-order valence-corrected chi connectivity index (χ0v) is 14.5. The average molecular weight is 322 g/mol. The molecule has 2 aromatic heterocycles. The predicted octanol–water partition coefficient (Wildman–Crippen LogP) is 2.58. The minimum absolute atomic E-state index is 0.100. The molecule has 0 aliphatic rings. The number of benzene rings is 1. The molecule has 0 saturated carbocycles. The van der Waals surface area contributed by atoms with Gasteiger partial charge in [-0.05, 0) is 19.1 Å². The van der Waals surface area contributed by atoms with Gasteiger partial charge in [-0.3, -0.25) is 9.59 Å². The number of rotatable bonds is 2. The summed E-state index contributed by atoms with van der Waals surface area (Å²) in [7, 11) is 3.84. The van der Waals surface area contributed by atoms with E-state index in [-0.39, 0.29) is 11.6 Å². The largest absolute Gasteiger partial charge is 0.294 e. The maximum absolute atomic E-state index is 11.4. The van der Waals surface area contributed by atoms with Crippen LogP contribution in [-0.2, 0) is 14.1 Å². The van der Waals surface area contributed by atoms with Gasteiger partial charge in [0.25, 0.3) is 0 Å². The molecule has 2 heterocycles. The lowest BCUT2D eigenvalue weighted by molar-refractivity contribution is -0.673. The van der Waals surface area contributed by atoms with Gasteiger partial charge in [0.15, 0.2) is 18.2 Å². The molecule has 4 heteroatoms. The fourth-order valence-corrected chi connectivity index (χ4v) is 2.56. The molecule has 0 radical (unpaired) electrons. The Labute approximate surface area is 142 Å². The first-order valence-electron chi connectivity index (χ1n) is 7.75. The van der Waals surface area contributed by atoms with Crippen LogP contribution in [0.1, 0.15) is 34.7 Å². The normalized spacial score (nSPS) is 10.0. The van der Waals surface area contributed by atoms with E-state index in [0.29, 0.717) is 0 Å². The quantitative estimate of drug-likeness (QED) is 0.537. The van der Waals surface area contributed by atoms with Crippen LogP contribution in [0.3, 0.4) is 0 Å². The van der Waals surface area contributed by atoms with Crippen molar-refractivity contribution in [3.63, 3.8) is 0 Å². The van der Waals surface area contributed by atoms with Crippen molar-refractivity contribution < 1.29 is 18.7 Å². The highest BCUT2D eigenvalue weighted by Gasteiger charge is 2.11. The molecule has 0 amide bonds. The van der Waals surface area contributed by atoms with Crippen molar-refractivity contribution in [2.75, 3.05) is 0 Å². The van der Waals surface area contributed by atoms with Crippen molar-refractivity contribution in [2.45, 2.75) is 13.8 Å². The SMILES string of the molecule is CC(=O)c1cc[n+](C)c2ccccc12.CC(=O)c1cccc[n+]1C. The lowest BCUT2D eigenvalue weighted by Gasteiger charge is -2.00. The summed E-state index contributed by atoms with van der Waals surface area (Å²) in [5.74, 6) is 0.213. The number of Topliss-reactive ketones (excluding diaryl/α,β-unsaturated/α-hetero) is 2. The van der Waals surface area contributed by atoms with E-state index in [1.54, 1.807) is 13.8 Å². The Bertz CT molecular complexity index is 901. The van der Waals surface area contributed by atoms with Crippen molar-refractivity contribution in [2.24, 2.45) is 14.1 Å². The second-order valence-electron chi connectivity index (χ2n) is 5.67. The summed E-state index contributed by atoms with van der Waals surface area (Å²) in [6.45, 7) is 3.16. The molecule has 122 valence electrons. The number of carbonyl (C=O) groups excluding carboxylic acids is 2. The topological polar surface area (TPSA) is 41.9 Å². The van der Waals surface area contributed by atoms with Crippen LogP contribution >= 0.6 is 0 Å². The molecule has 0 fully saturated rings. The van der Waals surface area contributed by atoms with E-state index in [2.05, 4.69) is 0 Å². The summed E-state index contributed by atoms with van der Waals surface area (Å²) in [6, 6.07) is 15.4. The number of hydrogen-bond acceptors (Lipinski definition) is 2. The van der Waals surface area contributed by atoms with Crippen molar-refractivity contribution >= 4 is 22.5 Å². The third-order valence-corrected chi connectivity index (χ3v) is 3.83. The number of pyridine rings is 2. The van der Waals surface area contributed by atoms with E-state index >= 15 is 0 Å². The minimum Gasteiger partial charge on any atom is -0.294 e. The first kappa shape index (κ1) is 17.5. The first-order chi connectivity index (χ1) is 11.4. The predicted molar refractivity (Wildman–Crippen MR) is 92.8 cm³/mol. The van der Waals surface area contributed by atoms with Gasteiger partial charge >= 0.3 is 0 Å². The van der Waals surface area contributed by atoms with Gasteiger partial charge in [0.05, 0.1) is 5.39 Å². The van der Waals surface area contributed by atoms with E-state index < -0.39 is 0 Å². The Hall–Kier alpha value is -2.88. The minimum atomic E-state index is 0.100. The molecule has 0 saturated heterocycles. The standard InChI is InChI=1S/C12H12NO.C8H10NO/c1-9(14)10-7-8-13(2)12-6-4-3-5-11(10)12;1-7(10)8-5-3-4-6-9(8)2/h3-8H,1-2H3;3-6H,1-2H3/q2*+1. The fraction of sp³-hybridized carbons (Fsp3) is 0.200. The maximum atomic E-state index is 11.4. The number of para-hydroxylation sites is 1. The van der Waals surface area contributed by atoms with Crippen LogP contribution < -0.4 is 9.13 Å². The average Bonchev–Trinajstić information content (AvgIpc) is 2.56. The lowest BCUT2D eigenvalue weighted by atomic mass is 10.1. The zero-order chi connectivity index (χ0) is 17.7. The van der Waals surface area contributed by atoms with Gasteiger partial charge in [-0.2, -0.15) is 4.57 Å². The van der Waals surface area contributed by atoms with Gasteiger partial charge in [0.1, 0.15) is 14.1 Å². The lowest BCUT2D eigenvalue weighted by Crippen LogP contribution is -2.34. The third-order valence-electron chi connectivity index (χ3n) is 3.83. The third kappa shape index (κ3) is 3.90. The number of carbonyl (C=O) groups is 2. The molecule has 0 atom stereocenters. The Morgan fingerprint density at radius 1 is 0.750 bits per heavy atom. The van der Waals surface area contributed by atoms with Crippen LogP contribution in [0.5, 0.6) is 0 Å². The van der Waals surface area contributed by atoms with E-state index in [1.807, 2.05) is 84.2 Å². The molecule has 1 aromatic carbocycles. The molecule has 3 aromatic rings. The molecule has 24 heavy (non-hydrogen) atoms. The highest BCUT2D eigenvalue weighted by Crippen LogP contribution is 2.14. The highest BCUT2D eigenvalue weighted by atomic mass is 16.1. The van der Waals surface area contributed by atoms with Gasteiger partial charge in [-0.15, -0.1) is 0 Å². The smallest absolute Gasteiger partial charge is 0.248 e. The van der Waals surface area contributed by atoms with E-state index in [0.717, 1.165) is 22.2 Å². The Kier molecular flexibility index (Phi) is 5.53. The molecule has 0 aliphatic heterocycles. The molecule has 3 rings (SSSR count). The maximum Gasteiger partial charge on any atom is 0.248 e. The second kappa shape index (κ2) is 7.59. The molecular formula is C20H22N2O2+2. The molecule has 0 bridgehead atoms. The number of fused-ring (bicyclic) bond motifs is 1. The fourth-order valence-electron chi connectivity index (χ4n) is 2.56. The molecular weight excluding hydrogens is 300 g/mol. The Balaban J connectivity index is 0.000000185. The van der Waals surface area contributed by atoms with E-state index in [1.165, 1.54) is 0 Å². The monoisotopic (exact) mass is 322 g/mol. The Morgan fingerprint density at radius 2 is 1.42 bits per heavy atom. The number of nitrogens with zero attached hydrogens (tertiary/aromatic N) is 2. The van der Waals surface area contributed by atoms with E-state index in [4.69, 9.17) is 0 Å². The summed E-state index contributed by atoms with van der Waals surface area (Å²) in [5.41, 5.74) is 2.61. The van der Waals surface area contributed by atoms with Crippen molar-refractivity contribution in [1.29, 1.82) is 0 Å². The number of ketones is 2. The van der Waals surface area contributed by atoms with Gasteiger partial charge in [-0.1, -0.05) is 12.1 Å². The molecule has 0 aliphatic carbocycles. The summed E-state index contributed by atoms with van der Waals surface area (Å²) >= 11 is 0. The van der Waals surface area contributed by atoms with Crippen LogP contribution in [0.15, 0.2) is 60.9 Å². The van der Waals surface area contributed by atoms with Crippen LogP contribution in [-0.4, -0.2) is 11.6 Å². The second-order valence-corrected chi connectivity index (χ2v) is 5.67. The zero-order valence-electron chi connectivity index (χ0n) is 14.5. The van der Waals surface area contributed by atoms with Crippen molar-refractivity contribution in [3.8, 4) is 0 Å². The number of aryl methyl sites for hydroxylation is 2. The van der Waals surface area contributed by atoms with Crippen molar-refractivity contribution in [1.82, 2.24) is 0 Å². The van der Waals surface area contributed by atoms with Crippen LogP contribution in [0, 0.1) is 0 Å². The molecule has 0 spiro atoms. The number of aromatic nitrogens is 2. The summed E-state index contributed by atoms with van der Waals surface area (Å²) in [6.07, 6.45) is 3.77. The van der Waals surface area contributed by atoms with Gasteiger partial charge in [0.2, 0.25) is 17.0 Å². The highest BCUT2D eigenvalue weighted by molar-refractivity contribution is 6.05. The van der Waals surface area contributed by atoms with Crippen LogP contribution in [0.2, 0.25) is 0 Å². The van der Waals surface area contributed by atoms with E-state index in [9.17, 15) is 9.59 Å². The van der Waals surface area contributed by atoms with Gasteiger partial charge < -0.3 is 0 Å². The molecule has 0 N–H and O–H groups in total. The van der Waals surface area contributed by atoms with Gasteiger partial charge in [0, 0.05) is 36.8 Å². The summed E-state index contributed by atoms with van der Waals surface area (Å²) < 4.78 is 3.82. The molecule has 0 unspecified atom stereocenters. The number of hydrogen-bond donors (Lipinski definition) is 0. The van der Waals surface area contributed by atoms with Gasteiger partial charge in [-0.25, -0.2) is 4.57 Å². The van der Waals surface area contributed by atoms with Crippen LogP contribution in [0.25, 0.3) is 10.9 Å². The first-order valence-corrected chi connectivity index (χ1v) is 7.75. The van der Waals surface area contributed by atoms with Crippen LogP contribution in [0.4, 0.5) is 0 Å². The Morgan fingerprint density at radius 3 is 2.00 bits per heavy atom. The van der Waals surface area contributed by atoms with Crippen molar-refractivity contribution in [3.05, 3.63) is 72.2 Å².